The van der Waals surface area contributed by atoms with Crippen molar-refractivity contribution in [1.29, 1.82) is 0 Å². The minimum Gasteiger partial charge on any atom is -0.444 e. The van der Waals surface area contributed by atoms with E-state index in [1.165, 1.54) is 0 Å². The van der Waals surface area contributed by atoms with E-state index in [1.54, 1.807) is 23.2 Å². The molecule has 0 aromatic carbocycles. The van der Waals surface area contributed by atoms with Gasteiger partial charge in [-0.15, -0.1) is 0 Å². The Balaban J connectivity index is 1.84. The molecule has 2 rings (SSSR count). The number of rotatable bonds is 5. The maximum Gasteiger partial charge on any atom is 0.410 e. The van der Waals surface area contributed by atoms with Gasteiger partial charge in [-0.2, -0.15) is 0 Å². The summed E-state index contributed by atoms with van der Waals surface area (Å²) in [5, 5.41) is 0. The molecule has 1 unspecified atom stereocenters. The highest BCUT2D eigenvalue weighted by Gasteiger charge is 2.30. The first-order valence-electron chi connectivity index (χ1n) is 8.11. The van der Waals surface area contributed by atoms with E-state index in [0.717, 1.165) is 19.3 Å². The van der Waals surface area contributed by atoms with Gasteiger partial charge >= 0.3 is 6.09 Å². The smallest absolute Gasteiger partial charge is 0.410 e. The van der Waals surface area contributed by atoms with Crippen molar-refractivity contribution in [2.45, 2.75) is 51.7 Å². The van der Waals surface area contributed by atoms with E-state index in [2.05, 4.69) is 4.98 Å². The molecule has 1 aromatic rings. The van der Waals surface area contributed by atoms with Gasteiger partial charge in [0.05, 0.1) is 18.3 Å². The molecule has 23 heavy (non-hydrogen) atoms. The predicted octanol–water partition coefficient (Wildman–Crippen LogP) is 3.00. The Kier molecular flexibility index (Phi) is 5.82. The second-order valence-corrected chi connectivity index (χ2v) is 6.85. The van der Waals surface area contributed by atoms with E-state index in [1.807, 2.05) is 20.8 Å². The van der Waals surface area contributed by atoms with Gasteiger partial charge in [-0.3, -0.25) is 4.79 Å². The number of H-pyrrole nitrogens is 1. The lowest BCUT2D eigenvalue weighted by atomic mass is 10.0. The first kappa shape index (κ1) is 17.5. The van der Waals surface area contributed by atoms with Crippen LogP contribution in [0, 0.1) is 0 Å². The fourth-order valence-corrected chi connectivity index (χ4v) is 2.60. The predicted molar refractivity (Wildman–Crippen MR) is 86.5 cm³/mol. The van der Waals surface area contributed by atoms with Gasteiger partial charge in [0.1, 0.15) is 12.2 Å². The number of aromatic amines is 1. The molecule has 2 heterocycles. The van der Waals surface area contributed by atoms with Crippen LogP contribution >= 0.6 is 0 Å². The molecule has 6 nitrogen and oxygen atoms in total. The average Bonchev–Trinajstić information content (AvgIpc) is 3.00. The lowest BCUT2D eigenvalue weighted by Gasteiger charge is -2.36. The van der Waals surface area contributed by atoms with Gasteiger partial charge in [-0.05, 0) is 52.2 Å². The number of hydrogen-bond donors (Lipinski definition) is 1. The van der Waals surface area contributed by atoms with Gasteiger partial charge < -0.3 is 19.4 Å². The standard InChI is InChI=1S/C17H26N2O4/c1-17(2,3)23-16(21)19-10-5-4-7-13(19)11-22-12-15(20)14-8-6-9-18-14/h6,8-9,13,18H,4-5,7,10-12H2,1-3H3. The zero-order chi connectivity index (χ0) is 16.9. The molecule has 128 valence electrons. The number of carbonyl (C=O) groups is 2. The number of piperidine rings is 1. The van der Waals surface area contributed by atoms with Gasteiger partial charge in [-0.1, -0.05) is 0 Å². The minimum absolute atomic E-state index is 0.0131. The van der Waals surface area contributed by atoms with Crippen LogP contribution in [0.3, 0.4) is 0 Å². The summed E-state index contributed by atoms with van der Waals surface area (Å²) in [5.74, 6) is -0.0883. The molecule has 1 amide bonds. The van der Waals surface area contributed by atoms with Crippen LogP contribution in [-0.4, -0.2) is 53.2 Å². The van der Waals surface area contributed by atoms with Crippen molar-refractivity contribution in [2.75, 3.05) is 19.8 Å². The molecule has 1 N–H and O–H groups in total. The number of likely N-dealkylation sites (tertiary alicyclic amines) is 1. The number of Topliss-reactive ketones (excluding diaryl/α,β-unsaturated/α-hetero) is 1. The van der Waals surface area contributed by atoms with E-state index in [-0.39, 0.29) is 24.5 Å². The number of carbonyl (C=O) groups excluding carboxylic acids is 2. The van der Waals surface area contributed by atoms with Crippen LogP contribution in [-0.2, 0) is 9.47 Å². The van der Waals surface area contributed by atoms with Gasteiger partial charge in [-0.25, -0.2) is 4.79 Å². The van der Waals surface area contributed by atoms with Gasteiger partial charge in [0.15, 0.2) is 0 Å². The quantitative estimate of drug-likeness (QED) is 0.846. The van der Waals surface area contributed by atoms with Crippen molar-refractivity contribution in [3.63, 3.8) is 0 Å². The molecule has 0 saturated carbocycles. The number of aromatic nitrogens is 1. The minimum atomic E-state index is -0.510. The molecule has 0 spiro atoms. The summed E-state index contributed by atoms with van der Waals surface area (Å²) in [6.07, 6.45) is 4.30. The summed E-state index contributed by atoms with van der Waals surface area (Å²) in [5.41, 5.74) is 0.0291. The normalized spacial score (nSPS) is 18.7. The van der Waals surface area contributed by atoms with Crippen LogP contribution in [0.4, 0.5) is 4.79 Å². The first-order chi connectivity index (χ1) is 10.9. The number of nitrogens with one attached hydrogen (secondary N) is 1. The molecule has 1 aliphatic rings. The van der Waals surface area contributed by atoms with E-state index in [9.17, 15) is 9.59 Å². The summed E-state index contributed by atoms with van der Waals surface area (Å²) in [6, 6.07) is 3.47. The molecule has 1 aromatic heterocycles. The molecule has 1 atom stereocenters. The molecule has 6 heteroatoms. The van der Waals surface area contributed by atoms with Crippen molar-refractivity contribution in [1.82, 2.24) is 9.88 Å². The van der Waals surface area contributed by atoms with Crippen molar-refractivity contribution in [2.24, 2.45) is 0 Å². The summed E-state index contributed by atoms with van der Waals surface area (Å²) in [4.78, 5) is 28.8. The van der Waals surface area contributed by atoms with Crippen LogP contribution in [0.5, 0.6) is 0 Å². The lowest BCUT2D eigenvalue weighted by Crippen LogP contribution is -2.48. The Hall–Kier alpha value is -1.82. The maximum atomic E-state index is 12.3. The maximum absolute atomic E-state index is 12.3. The molecular weight excluding hydrogens is 296 g/mol. The molecule has 1 saturated heterocycles. The lowest BCUT2D eigenvalue weighted by molar-refractivity contribution is -0.00625. The molecule has 0 bridgehead atoms. The fraction of sp³-hybridized carbons (Fsp3) is 0.647. The van der Waals surface area contributed by atoms with Crippen molar-refractivity contribution >= 4 is 11.9 Å². The molecule has 1 aliphatic heterocycles. The summed E-state index contributed by atoms with van der Waals surface area (Å²) in [6.45, 7) is 6.61. The highest BCUT2D eigenvalue weighted by atomic mass is 16.6. The third kappa shape index (κ3) is 5.39. The first-order valence-corrected chi connectivity index (χ1v) is 8.11. The van der Waals surface area contributed by atoms with Gasteiger partial charge in [0.25, 0.3) is 0 Å². The van der Waals surface area contributed by atoms with E-state index < -0.39 is 5.60 Å². The Morgan fingerprint density at radius 3 is 2.78 bits per heavy atom. The summed E-state index contributed by atoms with van der Waals surface area (Å²) in [7, 11) is 0. The summed E-state index contributed by atoms with van der Waals surface area (Å²) < 4.78 is 11.0. The third-order valence-electron chi connectivity index (χ3n) is 3.70. The Morgan fingerprint density at radius 2 is 2.13 bits per heavy atom. The Labute approximate surface area is 137 Å². The third-order valence-corrected chi connectivity index (χ3v) is 3.70. The van der Waals surface area contributed by atoms with Gasteiger partial charge in [0.2, 0.25) is 5.78 Å². The van der Waals surface area contributed by atoms with Crippen LogP contribution in [0.1, 0.15) is 50.5 Å². The average molecular weight is 322 g/mol. The highest BCUT2D eigenvalue weighted by Crippen LogP contribution is 2.20. The Bertz CT molecular complexity index is 519. The zero-order valence-electron chi connectivity index (χ0n) is 14.1. The number of hydrogen-bond acceptors (Lipinski definition) is 4. The summed E-state index contributed by atoms with van der Waals surface area (Å²) >= 11 is 0. The van der Waals surface area contributed by atoms with Gasteiger partial charge in [0, 0.05) is 12.7 Å². The molecule has 0 radical (unpaired) electrons. The van der Waals surface area contributed by atoms with E-state index in [4.69, 9.17) is 9.47 Å². The topological polar surface area (TPSA) is 71.6 Å². The molecule has 0 aliphatic carbocycles. The highest BCUT2D eigenvalue weighted by molar-refractivity contribution is 5.95. The molecule has 1 fully saturated rings. The number of nitrogens with zero attached hydrogens (tertiary/aromatic N) is 1. The SMILES string of the molecule is CC(C)(C)OC(=O)N1CCCCC1COCC(=O)c1ccc[nH]1. The largest absolute Gasteiger partial charge is 0.444 e. The van der Waals surface area contributed by atoms with Crippen LogP contribution in [0.15, 0.2) is 18.3 Å². The van der Waals surface area contributed by atoms with Crippen molar-refractivity contribution in [3.8, 4) is 0 Å². The van der Waals surface area contributed by atoms with Crippen LogP contribution in [0.2, 0.25) is 0 Å². The van der Waals surface area contributed by atoms with Crippen molar-refractivity contribution < 1.29 is 19.1 Å². The second kappa shape index (κ2) is 7.64. The Morgan fingerprint density at radius 1 is 1.35 bits per heavy atom. The number of ketones is 1. The number of ether oxygens (including phenoxy) is 2. The van der Waals surface area contributed by atoms with E-state index in [0.29, 0.717) is 18.8 Å². The van der Waals surface area contributed by atoms with Crippen molar-refractivity contribution in [3.05, 3.63) is 24.0 Å². The number of amides is 1. The fourth-order valence-electron chi connectivity index (χ4n) is 2.60. The second-order valence-electron chi connectivity index (χ2n) is 6.85. The monoisotopic (exact) mass is 322 g/mol. The molecular formula is C17H26N2O4. The van der Waals surface area contributed by atoms with E-state index >= 15 is 0 Å². The van der Waals surface area contributed by atoms with Crippen LogP contribution in [0.25, 0.3) is 0 Å². The van der Waals surface area contributed by atoms with Crippen LogP contribution < -0.4 is 0 Å². The zero-order valence-corrected chi connectivity index (χ0v) is 14.1.